The van der Waals surface area contributed by atoms with Gasteiger partial charge < -0.3 is 19.1 Å². The highest BCUT2D eigenvalue weighted by Gasteiger charge is 2.16. The molecule has 8 heteroatoms. The van der Waals surface area contributed by atoms with Crippen LogP contribution in [0.4, 0.5) is 0 Å². The molecule has 4 aromatic rings. The number of ether oxygens (including phenoxy) is 1. The number of aromatic nitrogens is 4. The molecule has 0 bridgehead atoms. The van der Waals surface area contributed by atoms with Crippen molar-refractivity contribution in [3.8, 4) is 34.0 Å². The zero-order chi connectivity index (χ0) is 24.4. The van der Waals surface area contributed by atoms with Gasteiger partial charge in [0.05, 0.1) is 24.2 Å². The molecule has 0 radical (unpaired) electrons. The second-order valence-electron chi connectivity index (χ2n) is 9.16. The van der Waals surface area contributed by atoms with Crippen molar-refractivity contribution in [3.05, 3.63) is 76.5 Å². The van der Waals surface area contributed by atoms with Gasteiger partial charge in [-0.15, -0.1) is 0 Å². The van der Waals surface area contributed by atoms with Gasteiger partial charge in [-0.05, 0) is 38.8 Å². The monoisotopic (exact) mass is 471 g/mol. The molecule has 0 saturated carbocycles. The highest BCUT2D eigenvalue weighted by molar-refractivity contribution is 5.68. The van der Waals surface area contributed by atoms with E-state index in [1.807, 2.05) is 45.2 Å². The van der Waals surface area contributed by atoms with Crippen LogP contribution in [-0.2, 0) is 11.3 Å². The Hall–Kier alpha value is -3.62. The summed E-state index contributed by atoms with van der Waals surface area (Å²) in [6, 6.07) is 14.0. The molecular weight excluding hydrogens is 442 g/mol. The quantitative estimate of drug-likeness (QED) is 0.427. The molecule has 1 fully saturated rings. The average molecular weight is 472 g/mol. The zero-order valence-electron chi connectivity index (χ0n) is 20.2. The lowest BCUT2D eigenvalue weighted by atomic mass is 10.1. The molecule has 35 heavy (non-hydrogen) atoms. The lowest BCUT2D eigenvalue weighted by Crippen LogP contribution is -2.28. The lowest BCUT2D eigenvalue weighted by Gasteiger charge is -2.11. The Morgan fingerprint density at radius 3 is 2.66 bits per heavy atom. The normalized spacial score (nSPS) is 15.7. The van der Waals surface area contributed by atoms with E-state index in [4.69, 9.17) is 14.2 Å². The van der Waals surface area contributed by atoms with Gasteiger partial charge in [-0.1, -0.05) is 29.4 Å². The maximum absolute atomic E-state index is 12.1. The molecule has 0 aliphatic carbocycles. The number of hydrogen-bond donors (Lipinski definition) is 1. The number of nitrogens with one attached hydrogen (secondary N) is 1. The van der Waals surface area contributed by atoms with Gasteiger partial charge in [-0.25, -0.2) is 4.98 Å². The first kappa shape index (κ1) is 23.1. The van der Waals surface area contributed by atoms with E-state index < -0.39 is 0 Å². The summed E-state index contributed by atoms with van der Waals surface area (Å²) in [5.74, 6) is 0.552. The van der Waals surface area contributed by atoms with Crippen molar-refractivity contribution in [2.75, 3.05) is 13.2 Å². The van der Waals surface area contributed by atoms with Crippen LogP contribution in [0, 0.1) is 6.92 Å². The van der Waals surface area contributed by atoms with Gasteiger partial charge in [0.1, 0.15) is 11.4 Å². The minimum Gasteiger partial charge on any atom is -0.380 e. The number of benzene rings is 1. The number of pyridine rings is 1. The van der Waals surface area contributed by atoms with Crippen LogP contribution in [0.5, 0.6) is 0 Å². The van der Waals surface area contributed by atoms with Crippen molar-refractivity contribution >= 4 is 0 Å². The average Bonchev–Trinajstić information content (AvgIpc) is 3.56. The molecule has 1 N–H and O–H groups in total. The van der Waals surface area contributed by atoms with Crippen LogP contribution in [0.2, 0.25) is 0 Å². The molecule has 180 valence electrons. The molecule has 1 aromatic carbocycles. The number of hydrogen-bond acceptors (Lipinski definition) is 7. The third kappa shape index (κ3) is 5.08. The van der Waals surface area contributed by atoms with Gasteiger partial charge in [0, 0.05) is 54.7 Å². The third-order valence-corrected chi connectivity index (χ3v) is 6.26. The molecule has 8 nitrogen and oxygen atoms in total. The van der Waals surface area contributed by atoms with E-state index in [9.17, 15) is 4.79 Å². The van der Waals surface area contributed by atoms with Crippen molar-refractivity contribution < 1.29 is 9.26 Å². The van der Waals surface area contributed by atoms with E-state index in [2.05, 4.69) is 27.6 Å². The predicted octanol–water partition coefficient (Wildman–Crippen LogP) is 4.40. The minimum atomic E-state index is -0.0433. The highest BCUT2D eigenvalue weighted by atomic mass is 16.5. The van der Waals surface area contributed by atoms with Crippen molar-refractivity contribution in [2.24, 2.45) is 0 Å². The summed E-state index contributed by atoms with van der Waals surface area (Å²) in [6.45, 7) is 8.26. The predicted molar refractivity (Wildman–Crippen MR) is 134 cm³/mol. The Labute approximate surface area is 204 Å². The molecule has 5 rings (SSSR count). The Balaban J connectivity index is 1.36. The van der Waals surface area contributed by atoms with Crippen molar-refractivity contribution in [2.45, 2.75) is 45.8 Å². The first-order valence-corrected chi connectivity index (χ1v) is 11.9. The second-order valence-corrected chi connectivity index (χ2v) is 9.16. The smallest absolute Gasteiger partial charge is 0.250 e. The van der Waals surface area contributed by atoms with Gasteiger partial charge in [-0.2, -0.15) is 0 Å². The Morgan fingerprint density at radius 1 is 1.11 bits per heavy atom. The fourth-order valence-electron chi connectivity index (χ4n) is 4.15. The van der Waals surface area contributed by atoms with Crippen LogP contribution in [0.15, 0.2) is 64.2 Å². The summed E-state index contributed by atoms with van der Waals surface area (Å²) in [6.07, 6.45) is 4.59. The van der Waals surface area contributed by atoms with Crippen LogP contribution in [0.3, 0.4) is 0 Å². The van der Waals surface area contributed by atoms with Crippen LogP contribution in [0.25, 0.3) is 34.0 Å². The van der Waals surface area contributed by atoms with Gasteiger partial charge in [0.25, 0.3) is 5.56 Å². The molecule has 1 aliphatic rings. The first-order chi connectivity index (χ1) is 17.0. The van der Waals surface area contributed by atoms with E-state index in [1.165, 1.54) is 5.56 Å². The zero-order valence-corrected chi connectivity index (χ0v) is 20.2. The summed E-state index contributed by atoms with van der Waals surface area (Å²) in [5.41, 5.74) is 5.74. The highest BCUT2D eigenvalue weighted by Crippen LogP contribution is 2.28. The topological polar surface area (TPSA) is 95.1 Å². The molecule has 0 unspecified atom stereocenters. The van der Waals surface area contributed by atoms with E-state index in [1.54, 1.807) is 22.9 Å². The molecule has 3 aromatic heterocycles. The maximum atomic E-state index is 12.1. The maximum Gasteiger partial charge on any atom is 0.250 e. The lowest BCUT2D eigenvalue weighted by molar-refractivity contribution is 0.190. The van der Waals surface area contributed by atoms with E-state index in [0.717, 1.165) is 48.7 Å². The van der Waals surface area contributed by atoms with Gasteiger partial charge in [-0.3, -0.25) is 9.78 Å². The molecule has 1 aliphatic heterocycles. The Morgan fingerprint density at radius 2 is 1.91 bits per heavy atom. The second kappa shape index (κ2) is 9.93. The SMILES string of the molecule is Cc1ncc(-c2ccc(=O)n(C(C)C)c2)nc1-c1cc(-c2ccc(CN[C@H]3CCOC3)cc2)no1. The number of nitrogens with zero attached hydrogens (tertiary/aromatic N) is 4. The number of rotatable bonds is 7. The fourth-order valence-corrected chi connectivity index (χ4v) is 4.15. The molecular formula is C27H29N5O3. The molecule has 1 saturated heterocycles. The Bertz CT molecular complexity index is 1370. The number of aryl methyl sites for hydroxylation is 1. The van der Waals surface area contributed by atoms with Crippen LogP contribution >= 0.6 is 0 Å². The molecule has 1 atom stereocenters. The van der Waals surface area contributed by atoms with Gasteiger partial charge >= 0.3 is 0 Å². The largest absolute Gasteiger partial charge is 0.380 e. The van der Waals surface area contributed by atoms with E-state index >= 15 is 0 Å². The van der Waals surface area contributed by atoms with Gasteiger partial charge in [0.15, 0.2) is 5.76 Å². The summed E-state index contributed by atoms with van der Waals surface area (Å²) >= 11 is 0. The van der Waals surface area contributed by atoms with Crippen LogP contribution < -0.4 is 10.9 Å². The fraction of sp³-hybridized carbons (Fsp3) is 0.333. The van der Waals surface area contributed by atoms with Crippen LogP contribution in [-0.4, -0.2) is 38.9 Å². The summed E-state index contributed by atoms with van der Waals surface area (Å²) in [5, 5.41) is 7.80. The van der Waals surface area contributed by atoms with Gasteiger partial charge in [0.2, 0.25) is 0 Å². The molecule has 0 spiro atoms. The summed E-state index contributed by atoms with van der Waals surface area (Å²) in [7, 11) is 0. The first-order valence-electron chi connectivity index (χ1n) is 11.9. The summed E-state index contributed by atoms with van der Waals surface area (Å²) in [4.78, 5) is 21.5. The Kier molecular flexibility index (Phi) is 6.57. The van der Waals surface area contributed by atoms with Crippen molar-refractivity contribution in [1.82, 2.24) is 25.0 Å². The van der Waals surface area contributed by atoms with E-state index in [0.29, 0.717) is 23.2 Å². The molecule has 4 heterocycles. The summed E-state index contributed by atoms with van der Waals surface area (Å²) < 4.78 is 12.8. The minimum absolute atomic E-state index is 0.0433. The molecule has 0 amide bonds. The standard InChI is InChI=1S/C27H29N5O3/c1-17(2)32-15-21(8-9-26(32)33)24-14-28-18(3)27(30-24)25-12-23(31-35-25)20-6-4-19(5-7-20)13-29-22-10-11-34-16-22/h4-9,12,14-15,17,22,29H,10-11,13,16H2,1-3H3/t22-/m0/s1. The van der Waals surface area contributed by atoms with E-state index in [-0.39, 0.29) is 11.6 Å². The third-order valence-electron chi connectivity index (χ3n) is 6.26. The van der Waals surface area contributed by atoms with Crippen molar-refractivity contribution in [1.29, 1.82) is 0 Å². The van der Waals surface area contributed by atoms with Crippen LogP contribution in [0.1, 0.15) is 37.6 Å². The van der Waals surface area contributed by atoms with Crippen molar-refractivity contribution in [3.63, 3.8) is 0 Å².